The Kier molecular flexibility index (Phi) is 4.42. The van der Waals surface area contributed by atoms with Crippen LogP contribution in [-0.4, -0.2) is 23.4 Å². The lowest BCUT2D eigenvalue weighted by Gasteiger charge is -2.43. The van der Waals surface area contributed by atoms with Crippen LogP contribution in [0.3, 0.4) is 0 Å². The van der Waals surface area contributed by atoms with Crippen LogP contribution in [0, 0.1) is 0 Å². The molecule has 0 aromatic heterocycles. The second-order valence-electron chi connectivity index (χ2n) is 7.23. The molecule has 2 aliphatic heterocycles. The fourth-order valence-corrected chi connectivity index (χ4v) is 4.63. The molecule has 0 fully saturated rings. The first kappa shape index (κ1) is 17.5. The number of benzene rings is 3. The molecule has 4 heteroatoms. The molecular weight excluding hydrogens is 368 g/mol. The summed E-state index contributed by atoms with van der Waals surface area (Å²) in [4.78, 5) is 8.46. The Labute approximate surface area is 170 Å². The zero-order valence-electron chi connectivity index (χ0n) is 15.6. The van der Waals surface area contributed by atoms with E-state index in [0.717, 1.165) is 22.8 Å². The standard InChI is InChI=1S/C24H21ClN2O/c1-2-27-23(17-8-4-3-5-9-17)20-11-7-6-10-19(20)21-22(26-28-24(21)27)16-12-14-18(25)15-13-16/h3-15,21,23-24H,2H2,1H3/t21-,23+,24+/m1/s1. The van der Waals surface area contributed by atoms with Gasteiger partial charge in [0, 0.05) is 10.6 Å². The maximum absolute atomic E-state index is 6.09. The van der Waals surface area contributed by atoms with Crippen molar-refractivity contribution in [2.45, 2.75) is 25.1 Å². The van der Waals surface area contributed by atoms with E-state index in [2.05, 4.69) is 71.6 Å². The number of likely N-dealkylation sites (N-methyl/N-ethyl adjacent to an activating group) is 1. The van der Waals surface area contributed by atoms with E-state index in [9.17, 15) is 0 Å². The molecule has 140 valence electrons. The molecule has 0 aliphatic carbocycles. The molecule has 3 atom stereocenters. The summed E-state index contributed by atoms with van der Waals surface area (Å²) in [6.07, 6.45) is -0.115. The third-order valence-corrected chi connectivity index (χ3v) is 6.00. The molecule has 3 aromatic carbocycles. The summed E-state index contributed by atoms with van der Waals surface area (Å²) in [5.74, 6) is 0.0808. The third-order valence-electron chi connectivity index (χ3n) is 5.74. The predicted octanol–water partition coefficient (Wildman–Crippen LogP) is 5.61. The first-order valence-electron chi connectivity index (χ1n) is 9.67. The zero-order chi connectivity index (χ0) is 19.1. The number of rotatable bonds is 3. The molecule has 3 nitrogen and oxygen atoms in total. The van der Waals surface area contributed by atoms with Gasteiger partial charge in [-0.05, 0) is 35.4 Å². The molecule has 0 saturated carbocycles. The van der Waals surface area contributed by atoms with Crippen molar-refractivity contribution in [1.82, 2.24) is 4.90 Å². The second kappa shape index (κ2) is 7.08. The van der Waals surface area contributed by atoms with Crippen molar-refractivity contribution in [3.05, 3.63) is 106 Å². The molecule has 0 saturated heterocycles. The summed E-state index contributed by atoms with van der Waals surface area (Å²) < 4.78 is 0. The number of fused-ring (bicyclic) bond motifs is 3. The highest BCUT2D eigenvalue weighted by atomic mass is 35.5. The van der Waals surface area contributed by atoms with Gasteiger partial charge in [-0.15, -0.1) is 0 Å². The van der Waals surface area contributed by atoms with E-state index >= 15 is 0 Å². The molecule has 0 N–H and O–H groups in total. The van der Waals surface area contributed by atoms with Gasteiger partial charge in [-0.25, -0.2) is 0 Å². The Morgan fingerprint density at radius 2 is 1.57 bits per heavy atom. The maximum atomic E-state index is 6.09. The molecule has 2 aliphatic rings. The second-order valence-corrected chi connectivity index (χ2v) is 7.67. The van der Waals surface area contributed by atoms with Gasteiger partial charge in [0.25, 0.3) is 0 Å². The number of oxime groups is 1. The van der Waals surface area contributed by atoms with Gasteiger partial charge in [0.05, 0.1) is 17.7 Å². The van der Waals surface area contributed by atoms with Crippen LogP contribution >= 0.6 is 11.6 Å². The fraction of sp³-hybridized carbons (Fsp3) is 0.208. The van der Waals surface area contributed by atoms with E-state index in [1.165, 1.54) is 16.7 Å². The van der Waals surface area contributed by atoms with Crippen molar-refractivity contribution in [2.75, 3.05) is 6.54 Å². The minimum atomic E-state index is -0.115. The van der Waals surface area contributed by atoms with Gasteiger partial charge < -0.3 is 4.84 Å². The van der Waals surface area contributed by atoms with Crippen LogP contribution in [0.1, 0.15) is 41.1 Å². The van der Waals surface area contributed by atoms with Gasteiger partial charge in [0.15, 0.2) is 6.23 Å². The highest BCUT2D eigenvalue weighted by Crippen LogP contribution is 2.47. The van der Waals surface area contributed by atoms with E-state index in [4.69, 9.17) is 16.4 Å². The zero-order valence-corrected chi connectivity index (χ0v) is 16.4. The number of halogens is 1. The summed E-state index contributed by atoms with van der Waals surface area (Å²) in [5, 5.41) is 5.26. The van der Waals surface area contributed by atoms with E-state index < -0.39 is 0 Å². The Balaban J connectivity index is 1.65. The predicted molar refractivity (Wildman–Crippen MR) is 113 cm³/mol. The Bertz CT molecular complexity index is 1020. The lowest BCUT2D eigenvalue weighted by atomic mass is 9.78. The van der Waals surface area contributed by atoms with Crippen LogP contribution < -0.4 is 0 Å². The molecule has 0 radical (unpaired) electrons. The van der Waals surface area contributed by atoms with Crippen molar-refractivity contribution in [2.24, 2.45) is 5.16 Å². The lowest BCUT2D eigenvalue weighted by molar-refractivity contribution is -0.0656. The van der Waals surface area contributed by atoms with Gasteiger partial charge >= 0.3 is 0 Å². The molecule has 0 unspecified atom stereocenters. The van der Waals surface area contributed by atoms with Gasteiger partial charge in [-0.2, -0.15) is 0 Å². The minimum absolute atomic E-state index is 0.0808. The van der Waals surface area contributed by atoms with Crippen LogP contribution in [0.2, 0.25) is 5.02 Å². The first-order valence-corrected chi connectivity index (χ1v) is 10.0. The van der Waals surface area contributed by atoms with Gasteiger partial charge in [-0.1, -0.05) is 90.4 Å². The number of nitrogens with zero attached hydrogens (tertiary/aromatic N) is 2. The SMILES string of the molecule is CCN1[C@@H](c2ccccc2)c2ccccc2[C@@H]2C(c3ccc(Cl)cc3)=NO[C@@H]21. The van der Waals surface area contributed by atoms with Crippen molar-refractivity contribution < 1.29 is 4.84 Å². The van der Waals surface area contributed by atoms with Gasteiger partial charge in [-0.3, -0.25) is 4.90 Å². The molecule has 0 amide bonds. The molecule has 5 rings (SSSR count). The van der Waals surface area contributed by atoms with Crippen molar-refractivity contribution in [3.8, 4) is 0 Å². The topological polar surface area (TPSA) is 24.8 Å². The summed E-state index contributed by atoms with van der Waals surface area (Å²) in [7, 11) is 0. The summed E-state index contributed by atoms with van der Waals surface area (Å²) >= 11 is 6.09. The monoisotopic (exact) mass is 388 g/mol. The smallest absolute Gasteiger partial charge is 0.194 e. The van der Waals surface area contributed by atoms with Crippen LogP contribution in [0.4, 0.5) is 0 Å². The van der Waals surface area contributed by atoms with Crippen LogP contribution in [0.5, 0.6) is 0 Å². The molecular formula is C24H21ClN2O. The van der Waals surface area contributed by atoms with Crippen LogP contribution in [0.25, 0.3) is 0 Å². The molecule has 0 bridgehead atoms. The van der Waals surface area contributed by atoms with E-state index in [1.807, 2.05) is 24.3 Å². The third kappa shape index (κ3) is 2.74. The largest absolute Gasteiger partial charge is 0.375 e. The van der Waals surface area contributed by atoms with Gasteiger partial charge in [0.2, 0.25) is 0 Å². The van der Waals surface area contributed by atoms with Crippen LogP contribution in [-0.2, 0) is 4.84 Å². The van der Waals surface area contributed by atoms with Gasteiger partial charge in [0.1, 0.15) is 0 Å². The Morgan fingerprint density at radius 3 is 2.29 bits per heavy atom. The Hall–Kier alpha value is -2.62. The van der Waals surface area contributed by atoms with Crippen molar-refractivity contribution in [3.63, 3.8) is 0 Å². The van der Waals surface area contributed by atoms with Crippen molar-refractivity contribution in [1.29, 1.82) is 0 Å². The summed E-state index contributed by atoms with van der Waals surface area (Å²) in [5.41, 5.74) is 5.92. The number of hydrogen-bond acceptors (Lipinski definition) is 3. The molecule has 2 heterocycles. The van der Waals surface area contributed by atoms with E-state index in [-0.39, 0.29) is 18.2 Å². The average molecular weight is 389 g/mol. The quantitative estimate of drug-likeness (QED) is 0.582. The highest BCUT2D eigenvalue weighted by Gasteiger charge is 2.47. The molecule has 3 aromatic rings. The Morgan fingerprint density at radius 1 is 0.893 bits per heavy atom. The average Bonchev–Trinajstić information content (AvgIpc) is 3.19. The molecule has 28 heavy (non-hydrogen) atoms. The number of hydrogen-bond donors (Lipinski definition) is 0. The molecule has 0 spiro atoms. The lowest BCUT2D eigenvalue weighted by Crippen LogP contribution is -2.47. The first-order chi connectivity index (χ1) is 13.8. The van der Waals surface area contributed by atoms with E-state index in [0.29, 0.717) is 0 Å². The highest BCUT2D eigenvalue weighted by molar-refractivity contribution is 6.30. The van der Waals surface area contributed by atoms with Crippen LogP contribution in [0.15, 0.2) is 84.0 Å². The normalized spacial score (nSPS) is 23.5. The summed E-state index contributed by atoms with van der Waals surface area (Å²) in [6.45, 7) is 3.06. The summed E-state index contributed by atoms with van der Waals surface area (Å²) in [6, 6.07) is 27.4. The minimum Gasteiger partial charge on any atom is -0.375 e. The van der Waals surface area contributed by atoms with Crippen molar-refractivity contribution >= 4 is 17.3 Å². The van der Waals surface area contributed by atoms with E-state index in [1.54, 1.807) is 0 Å². The fourth-order valence-electron chi connectivity index (χ4n) is 4.51. The maximum Gasteiger partial charge on any atom is 0.194 e.